The summed E-state index contributed by atoms with van der Waals surface area (Å²) in [5.41, 5.74) is 3.02. The van der Waals surface area contributed by atoms with Gasteiger partial charge in [0.25, 0.3) is 20.2 Å². The number of ether oxygens (including phenoxy) is 1. The highest BCUT2D eigenvalue weighted by molar-refractivity contribution is 7.99. The summed E-state index contributed by atoms with van der Waals surface area (Å²) in [5, 5.41) is 11.8. The first kappa shape index (κ1) is 33.7. The molecular weight excluding hydrogens is 647 g/mol. The molecule has 0 unspecified atom stereocenters. The molecule has 1 heterocycles. The molecule has 0 saturated heterocycles. The van der Waals surface area contributed by atoms with Crippen LogP contribution in [-0.4, -0.2) is 71.0 Å². The first-order valence-electron chi connectivity index (χ1n) is 13.4. The maximum atomic E-state index is 11.1. The molecule has 234 valence electrons. The van der Waals surface area contributed by atoms with Crippen molar-refractivity contribution in [3.8, 4) is 5.75 Å². The van der Waals surface area contributed by atoms with Gasteiger partial charge >= 0.3 is 0 Å². The molecule has 44 heavy (non-hydrogen) atoms. The molecule has 0 fully saturated rings. The number of methoxy groups -OCH3 is 1. The Balaban J connectivity index is 1.54. The van der Waals surface area contributed by atoms with Crippen LogP contribution in [0.1, 0.15) is 29.8 Å². The van der Waals surface area contributed by atoms with Crippen LogP contribution in [0.3, 0.4) is 0 Å². The topological polar surface area (TPSA) is 181 Å². The third-order valence-electron chi connectivity index (χ3n) is 6.15. The summed E-state index contributed by atoms with van der Waals surface area (Å²) in [6.45, 7) is 1.91. The van der Waals surface area contributed by atoms with Crippen molar-refractivity contribution in [2.24, 2.45) is 10.2 Å². The zero-order valence-corrected chi connectivity index (χ0v) is 27.2. The number of benzene rings is 3. The molecule has 0 aliphatic heterocycles. The third kappa shape index (κ3) is 10.8. The molecule has 1 aromatic heterocycles. The molecule has 3 aromatic carbocycles. The van der Waals surface area contributed by atoms with E-state index in [2.05, 4.69) is 25.2 Å². The second kappa shape index (κ2) is 15.2. The molecule has 0 amide bonds. The number of aryl methyl sites for hydroxylation is 1. The quantitative estimate of drug-likeness (QED) is 0.0641. The first-order chi connectivity index (χ1) is 20.9. The van der Waals surface area contributed by atoms with Gasteiger partial charge in [0.2, 0.25) is 0 Å². The van der Waals surface area contributed by atoms with Crippen LogP contribution in [0.15, 0.2) is 75.1 Å². The van der Waals surface area contributed by atoms with Crippen molar-refractivity contribution < 1.29 is 30.7 Å². The highest BCUT2D eigenvalue weighted by Crippen LogP contribution is 2.32. The molecular formula is C28H31N5O7S4. The Morgan fingerprint density at radius 1 is 0.795 bits per heavy atom. The second-order valence-electron chi connectivity index (χ2n) is 9.65. The Hall–Kier alpha value is -3.15. The van der Waals surface area contributed by atoms with Crippen LogP contribution < -0.4 is 4.74 Å². The van der Waals surface area contributed by atoms with E-state index in [1.807, 2.05) is 55.5 Å². The van der Waals surface area contributed by atoms with Crippen LogP contribution in [0.4, 0.5) is 11.4 Å². The number of azo groups is 1. The average molecular weight is 678 g/mol. The van der Waals surface area contributed by atoms with Gasteiger partial charge in [-0.2, -0.15) is 32.0 Å². The minimum atomic E-state index is -4.08. The molecule has 4 rings (SSSR count). The van der Waals surface area contributed by atoms with Crippen molar-refractivity contribution in [1.82, 2.24) is 15.0 Å². The normalized spacial score (nSPS) is 12.3. The molecule has 16 heteroatoms. The van der Waals surface area contributed by atoms with E-state index in [9.17, 15) is 16.8 Å². The number of fused-ring (bicyclic) bond motifs is 1. The Bertz CT molecular complexity index is 1810. The van der Waals surface area contributed by atoms with Gasteiger partial charge < -0.3 is 4.74 Å². The van der Waals surface area contributed by atoms with Gasteiger partial charge in [-0.3, -0.25) is 9.11 Å². The van der Waals surface area contributed by atoms with Crippen molar-refractivity contribution in [2.75, 3.05) is 30.1 Å². The molecule has 0 aliphatic rings. The maximum Gasteiger partial charge on any atom is 0.264 e. The van der Waals surface area contributed by atoms with Gasteiger partial charge in [-0.1, -0.05) is 53.9 Å². The summed E-state index contributed by atoms with van der Waals surface area (Å²) in [6, 6.07) is 17.6. The molecule has 0 radical (unpaired) electrons. The molecule has 0 saturated carbocycles. The fourth-order valence-electron chi connectivity index (χ4n) is 4.09. The lowest BCUT2D eigenvalue weighted by Gasteiger charge is -2.12. The molecule has 12 nitrogen and oxygen atoms in total. The van der Waals surface area contributed by atoms with Crippen molar-refractivity contribution in [1.29, 1.82) is 0 Å². The predicted octanol–water partition coefficient (Wildman–Crippen LogP) is 6.09. The van der Waals surface area contributed by atoms with E-state index < -0.39 is 20.2 Å². The molecule has 4 aromatic rings. The lowest BCUT2D eigenvalue weighted by atomic mass is 10.1. The monoisotopic (exact) mass is 677 g/mol. The number of nitrogens with zero attached hydrogens (tertiary/aromatic N) is 5. The predicted molar refractivity (Wildman–Crippen MR) is 172 cm³/mol. The van der Waals surface area contributed by atoms with Gasteiger partial charge in [0.05, 0.1) is 30.0 Å². The van der Waals surface area contributed by atoms with Crippen molar-refractivity contribution in [2.45, 2.75) is 36.5 Å². The van der Waals surface area contributed by atoms with E-state index >= 15 is 0 Å². The highest BCUT2D eigenvalue weighted by Gasteiger charge is 2.15. The Morgan fingerprint density at radius 3 is 2.00 bits per heavy atom. The Kier molecular flexibility index (Phi) is 11.7. The highest BCUT2D eigenvalue weighted by atomic mass is 32.2. The Labute approximate surface area is 264 Å². The number of thioether (sulfide) groups is 2. The molecule has 2 N–H and O–H groups in total. The first-order valence-corrected chi connectivity index (χ1v) is 18.6. The smallest absolute Gasteiger partial charge is 0.264 e. The summed E-state index contributed by atoms with van der Waals surface area (Å²) in [5.74, 6) is 0.920. The minimum Gasteiger partial charge on any atom is -0.496 e. The summed E-state index contributed by atoms with van der Waals surface area (Å²) in [4.78, 5) is 13.5. The van der Waals surface area contributed by atoms with E-state index in [0.29, 0.717) is 39.1 Å². The van der Waals surface area contributed by atoms with Crippen LogP contribution in [0, 0.1) is 6.92 Å². The van der Waals surface area contributed by atoms with E-state index in [1.165, 1.54) is 23.5 Å². The second-order valence-corrected chi connectivity index (χ2v) is 14.9. The lowest BCUT2D eigenvalue weighted by Crippen LogP contribution is -2.07. The largest absolute Gasteiger partial charge is 0.496 e. The van der Waals surface area contributed by atoms with Gasteiger partial charge in [-0.05, 0) is 54.3 Å². The molecule has 0 bridgehead atoms. The third-order valence-corrected chi connectivity index (χ3v) is 9.63. The van der Waals surface area contributed by atoms with Crippen LogP contribution >= 0.6 is 23.5 Å². The van der Waals surface area contributed by atoms with Gasteiger partial charge in [-0.25, -0.2) is 9.97 Å². The summed E-state index contributed by atoms with van der Waals surface area (Å²) < 4.78 is 67.9. The van der Waals surface area contributed by atoms with Crippen LogP contribution in [0.25, 0.3) is 10.8 Å². The fraction of sp³-hybridized carbons (Fsp3) is 0.321. The Morgan fingerprint density at radius 2 is 1.41 bits per heavy atom. The van der Waals surface area contributed by atoms with Gasteiger partial charge in [-0.15, -0.1) is 0 Å². The van der Waals surface area contributed by atoms with Gasteiger partial charge in [0.15, 0.2) is 10.3 Å². The molecule has 0 aliphatic carbocycles. The van der Waals surface area contributed by atoms with Gasteiger partial charge in [0, 0.05) is 29.6 Å². The van der Waals surface area contributed by atoms with Crippen LogP contribution in [0.2, 0.25) is 0 Å². The van der Waals surface area contributed by atoms with E-state index in [1.54, 1.807) is 13.2 Å². The zero-order chi connectivity index (χ0) is 31.7. The summed E-state index contributed by atoms with van der Waals surface area (Å²) in [6.07, 6.45) is 0.680. The lowest BCUT2D eigenvalue weighted by molar-refractivity contribution is 0.410. The van der Waals surface area contributed by atoms with Gasteiger partial charge in [0.1, 0.15) is 11.6 Å². The van der Waals surface area contributed by atoms with Crippen LogP contribution in [0.5, 0.6) is 5.75 Å². The van der Waals surface area contributed by atoms with E-state index in [4.69, 9.17) is 13.8 Å². The van der Waals surface area contributed by atoms with Crippen LogP contribution in [-0.2, 0) is 26.7 Å². The van der Waals surface area contributed by atoms with E-state index in [-0.39, 0.29) is 30.8 Å². The van der Waals surface area contributed by atoms with Crippen molar-refractivity contribution in [3.05, 3.63) is 71.5 Å². The van der Waals surface area contributed by atoms with Crippen molar-refractivity contribution >= 4 is 65.9 Å². The average Bonchev–Trinajstić information content (AvgIpc) is 2.96. The molecule has 0 atom stereocenters. The van der Waals surface area contributed by atoms with E-state index in [0.717, 1.165) is 27.6 Å². The SMILES string of the molecule is COc1cc(N=Nc2ccc3ccccc3c2)c(C)cc1Cc1nc(SCCCS(=O)(=O)O)nc(SCCCS(=O)(=O)O)n1. The number of hydrogen-bond donors (Lipinski definition) is 2. The number of aromatic nitrogens is 3. The fourth-order valence-corrected chi connectivity index (χ4v) is 7.12. The summed E-state index contributed by atoms with van der Waals surface area (Å²) >= 11 is 2.44. The molecule has 0 spiro atoms. The zero-order valence-electron chi connectivity index (χ0n) is 24.0. The minimum absolute atomic E-state index is 0.198. The maximum absolute atomic E-state index is 11.1. The number of hydrogen-bond acceptors (Lipinski definition) is 12. The summed E-state index contributed by atoms with van der Waals surface area (Å²) in [7, 11) is -6.60. The number of rotatable bonds is 15. The standard InChI is InChI=1S/C28H31N5O7S4/c1-19-15-22(25(40-2)18-24(19)33-32-23-10-9-20-7-3-4-8-21(20)16-23)17-26-29-27(41-11-5-13-43(34,35)36)31-28(30-26)42-12-6-14-44(37,38)39/h3-4,7-10,15-16,18H,5-6,11-14,17H2,1-2H3,(H,34,35,36)(H,37,38,39). The van der Waals surface area contributed by atoms with Crippen molar-refractivity contribution in [3.63, 3.8) is 0 Å².